The van der Waals surface area contributed by atoms with Crippen molar-refractivity contribution in [3.05, 3.63) is 0 Å². The van der Waals surface area contributed by atoms with Gasteiger partial charge in [-0.2, -0.15) is 0 Å². The van der Waals surface area contributed by atoms with Crippen LogP contribution < -0.4 is 0 Å². The summed E-state index contributed by atoms with van der Waals surface area (Å²) in [5, 5.41) is 182. The van der Waals surface area contributed by atoms with E-state index < -0.39 is 192 Å². The highest BCUT2D eigenvalue weighted by Crippen LogP contribution is 2.71. The third-order valence-corrected chi connectivity index (χ3v) is 21.8. The molecule has 10 rings (SSSR count). The number of hydrogen-bond donors (Lipinski definition) is 17. The number of ether oxygens (including phenoxy) is 11. The predicted octanol–water partition coefficient (Wildman–Crippen LogP) is -5.49. The quantitative estimate of drug-likeness (QED) is 0.0569. The normalized spacial score (nSPS) is 55.4. The Kier molecular flexibility index (Phi) is 20.6. The van der Waals surface area contributed by atoms with Crippen LogP contribution in [0.1, 0.15) is 91.9 Å². The molecule has 28 heteroatoms. The molecule has 0 bridgehead atoms. The molecule has 6 heterocycles. The first kappa shape index (κ1) is 65.8. The molecule has 84 heavy (non-hydrogen) atoms. The van der Waals surface area contributed by atoms with E-state index in [-0.39, 0.29) is 47.2 Å². The smallest absolute Gasteiger partial charge is 0.187 e. The van der Waals surface area contributed by atoms with E-state index in [0.717, 1.165) is 38.5 Å². The molecule has 0 aromatic rings. The van der Waals surface area contributed by atoms with Gasteiger partial charge in [0, 0.05) is 12.3 Å². The lowest BCUT2D eigenvalue weighted by Gasteiger charge is -2.61. The first-order chi connectivity index (χ1) is 39.8. The molecular formula is C56H94O28. The highest BCUT2D eigenvalue weighted by Gasteiger charge is 2.69. The van der Waals surface area contributed by atoms with E-state index in [1.54, 1.807) is 0 Å². The summed E-state index contributed by atoms with van der Waals surface area (Å²) in [5.74, 6) is -0.0679. The van der Waals surface area contributed by atoms with Crippen molar-refractivity contribution in [2.45, 2.75) is 257 Å². The van der Waals surface area contributed by atoms with Gasteiger partial charge in [0.2, 0.25) is 0 Å². The van der Waals surface area contributed by atoms with Crippen molar-refractivity contribution in [2.24, 2.45) is 52.3 Å². The van der Waals surface area contributed by atoms with Crippen LogP contribution in [0, 0.1) is 52.3 Å². The van der Waals surface area contributed by atoms with Gasteiger partial charge in [-0.25, -0.2) is 0 Å². The molecule has 0 aromatic carbocycles. The topological polar surface area (TPSA) is 445 Å². The Bertz CT molecular complexity index is 2140. The average Bonchev–Trinajstić information content (AvgIpc) is 1.64. The number of hydrogen-bond acceptors (Lipinski definition) is 28. The Hall–Kier alpha value is -1.12. The largest absolute Gasteiger partial charge is 0.394 e. The molecule has 36 atom stereocenters. The summed E-state index contributed by atoms with van der Waals surface area (Å²) in [5.41, 5.74) is -0.139. The molecule has 4 saturated carbocycles. The van der Waals surface area contributed by atoms with Crippen molar-refractivity contribution >= 4 is 0 Å². The fourth-order valence-electron chi connectivity index (χ4n) is 16.9. The molecule has 4 aliphatic carbocycles. The molecule has 0 spiro atoms. The van der Waals surface area contributed by atoms with Gasteiger partial charge in [0.05, 0.1) is 51.8 Å². The standard InChI is InChI=1S/C56H94O28/c1-21(19-74-49-42(69)38(65)36(63)30(15-57)77-49)7-12-56(73)22(2)34-29(84-56)14-27-25-6-5-23-13-24(8-10-54(23,3)26(25)9-11-55(27,34)4)76-53-45(72)48(83-51-43(70)39(66)37(64)31(16-58)78-51)47(33(18-60)80-53)82-52-44(71)40(67)46(32(17-59)79-52)81-50-41(68)35(62)28(61)20-75-50/h21-53,57-73H,5-20H2,1-4H3/t21-,22+,23-,24+,25-,26+,27+,28-,29+,30-,31+,32+,33+,34+,35+,36+,37-,38-,39+,40-,41+,42-,43+,44+,45+,46-,47-,48-,49+,50+,51+,52+,53-,54+,55+,56-/m1/s1. The number of aliphatic hydroxyl groups excluding tert-OH is 16. The minimum Gasteiger partial charge on any atom is -0.394 e. The monoisotopic (exact) mass is 1210 g/mol. The molecule has 10 aliphatic rings. The summed E-state index contributed by atoms with van der Waals surface area (Å²) < 4.78 is 65.8. The number of rotatable bonds is 18. The SMILES string of the molecule is C[C@H](CC[C@@]1(O)O[C@H]2C[C@H]3[C@@H]4CC[C@@H]5C[C@@H](O[C@@H]6O[C@@H](CO)[C@@H](O[C@@H]7O[C@@H](CO)[C@@H](O[C@@H]8OC[C@@H](O)[C@H](O)[C@@H]8O)[C@H](O)[C@@H]7O)[C@H](O[C@@H]7O[C@@H](CO)[C@@H](O)[C@H](O)[C@@H]7O)[C@@H]6O)CC[C@]5(C)[C@H]4CC[C@]3(C)[C@H]2[C@@H]1C)CO[C@H]1O[C@H](CO)[C@H](O)[C@@H](O)[C@H]1O. The predicted molar refractivity (Wildman–Crippen MR) is 278 cm³/mol. The summed E-state index contributed by atoms with van der Waals surface area (Å²) in [6.45, 7) is 5.39. The molecule has 0 radical (unpaired) electrons. The molecular weight excluding hydrogens is 1120 g/mol. The van der Waals surface area contributed by atoms with E-state index in [1.165, 1.54) is 0 Å². The summed E-state index contributed by atoms with van der Waals surface area (Å²) in [4.78, 5) is 0. The zero-order valence-corrected chi connectivity index (χ0v) is 48.0. The van der Waals surface area contributed by atoms with Crippen LogP contribution in [0.4, 0.5) is 0 Å². The molecule has 6 aliphatic heterocycles. The Labute approximate surface area is 487 Å². The van der Waals surface area contributed by atoms with Crippen LogP contribution in [-0.2, 0) is 52.1 Å². The van der Waals surface area contributed by atoms with Crippen LogP contribution in [0.15, 0.2) is 0 Å². The Morgan fingerprint density at radius 2 is 1.05 bits per heavy atom. The van der Waals surface area contributed by atoms with Crippen molar-refractivity contribution in [3.63, 3.8) is 0 Å². The highest BCUT2D eigenvalue weighted by molar-refractivity contribution is 5.15. The van der Waals surface area contributed by atoms with Gasteiger partial charge in [-0.3, -0.25) is 0 Å². The van der Waals surface area contributed by atoms with Crippen molar-refractivity contribution in [3.8, 4) is 0 Å². The van der Waals surface area contributed by atoms with Crippen molar-refractivity contribution in [2.75, 3.05) is 39.6 Å². The van der Waals surface area contributed by atoms with Gasteiger partial charge in [-0.05, 0) is 104 Å². The van der Waals surface area contributed by atoms with E-state index in [9.17, 15) is 86.8 Å². The molecule has 0 aromatic heterocycles. The Morgan fingerprint density at radius 3 is 1.69 bits per heavy atom. The average molecular weight is 1220 g/mol. The Balaban J connectivity index is 0.778. The van der Waals surface area contributed by atoms with Crippen LogP contribution in [-0.4, -0.2) is 292 Å². The van der Waals surface area contributed by atoms with Gasteiger partial charge >= 0.3 is 0 Å². The molecule has 28 nitrogen and oxygen atoms in total. The van der Waals surface area contributed by atoms with E-state index in [2.05, 4.69) is 20.8 Å². The lowest BCUT2D eigenvalue weighted by molar-refractivity contribution is -0.396. The second kappa shape index (κ2) is 26.2. The van der Waals surface area contributed by atoms with Crippen LogP contribution >= 0.6 is 0 Å². The first-order valence-electron chi connectivity index (χ1n) is 30.3. The van der Waals surface area contributed by atoms with E-state index in [0.29, 0.717) is 43.4 Å². The molecule has 486 valence electrons. The summed E-state index contributed by atoms with van der Waals surface area (Å²) >= 11 is 0. The zero-order valence-electron chi connectivity index (χ0n) is 48.0. The third kappa shape index (κ3) is 12.1. The van der Waals surface area contributed by atoms with Gasteiger partial charge in [0.1, 0.15) is 116 Å². The zero-order chi connectivity index (χ0) is 60.6. The van der Waals surface area contributed by atoms with Gasteiger partial charge in [0.15, 0.2) is 37.2 Å². The third-order valence-electron chi connectivity index (χ3n) is 21.8. The summed E-state index contributed by atoms with van der Waals surface area (Å²) in [6.07, 6.45) is -32.7. The summed E-state index contributed by atoms with van der Waals surface area (Å²) in [6, 6.07) is 0. The van der Waals surface area contributed by atoms with Crippen LogP contribution in [0.3, 0.4) is 0 Å². The van der Waals surface area contributed by atoms with Crippen LogP contribution in [0.25, 0.3) is 0 Å². The van der Waals surface area contributed by atoms with E-state index >= 15 is 0 Å². The van der Waals surface area contributed by atoms with Crippen molar-refractivity contribution < 1.29 is 139 Å². The fraction of sp³-hybridized carbons (Fsp3) is 1.00. The van der Waals surface area contributed by atoms with E-state index in [4.69, 9.17) is 52.1 Å². The van der Waals surface area contributed by atoms with E-state index in [1.807, 2.05) is 6.92 Å². The fourth-order valence-corrected chi connectivity index (χ4v) is 16.9. The van der Waals surface area contributed by atoms with Crippen molar-refractivity contribution in [1.29, 1.82) is 0 Å². The first-order valence-corrected chi connectivity index (χ1v) is 30.3. The molecule has 10 fully saturated rings. The van der Waals surface area contributed by atoms with Gasteiger partial charge in [-0.1, -0.05) is 27.7 Å². The van der Waals surface area contributed by atoms with Crippen LogP contribution in [0.2, 0.25) is 0 Å². The second-order valence-electron chi connectivity index (χ2n) is 26.6. The Morgan fingerprint density at radius 1 is 0.512 bits per heavy atom. The summed E-state index contributed by atoms with van der Waals surface area (Å²) in [7, 11) is 0. The lowest BCUT2D eigenvalue weighted by atomic mass is 9.44. The maximum Gasteiger partial charge on any atom is 0.187 e. The molecule has 0 amide bonds. The number of fused-ring (bicyclic) bond motifs is 7. The maximum absolute atomic E-state index is 12.3. The lowest BCUT2D eigenvalue weighted by Crippen LogP contribution is -2.68. The van der Waals surface area contributed by atoms with Gasteiger partial charge in [0.25, 0.3) is 0 Å². The molecule has 6 saturated heterocycles. The minimum atomic E-state index is -2.03. The maximum atomic E-state index is 12.3. The van der Waals surface area contributed by atoms with Crippen LogP contribution in [0.5, 0.6) is 0 Å². The van der Waals surface area contributed by atoms with Crippen molar-refractivity contribution in [1.82, 2.24) is 0 Å². The second-order valence-corrected chi connectivity index (χ2v) is 26.6. The number of aliphatic hydroxyl groups is 17. The van der Waals surface area contributed by atoms with Gasteiger partial charge in [-0.15, -0.1) is 0 Å². The molecule has 17 N–H and O–H groups in total. The van der Waals surface area contributed by atoms with Gasteiger partial charge < -0.3 is 139 Å². The molecule has 0 unspecified atom stereocenters. The highest BCUT2D eigenvalue weighted by atomic mass is 16.8. The minimum absolute atomic E-state index is 0.0644.